The summed E-state index contributed by atoms with van der Waals surface area (Å²) in [4.78, 5) is 176. The lowest BCUT2D eigenvalue weighted by Gasteiger charge is -2.29. The van der Waals surface area contributed by atoms with E-state index < -0.39 is 36.2 Å². The Morgan fingerprint density at radius 3 is 1.02 bits per heavy atom. The van der Waals surface area contributed by atoms with Gasteiger partial charge in [0.05, 0.1) is 82.6 Å². The van der Waals surface area contributed by atoms with Gasteiger partial charge in [0.1, 0.15) is 110 Å². The summed E-state index contributed by atoms with van der Waals surface area (Å²) in [6.45, 7) is 8.21. The number of aryl methyl sites for hydroxylation is 1. The van der Waals surface area contributed by atoms with Gasteiger partial charge in [0.25, 0.3) is 23.6 Å². The molecular formula is C101H98ClN13O18. The van der Waals surface area contributed by atoms with E-state index in [1.54, 1.807) is 98.0 Å². The summed E-state index contributed by atoms with van der Waals surface area (Å²) >= 11 is 0. The molecule has 5 atom stereocenters. The fourth-order valence-corrected chi connectivity index (χ4v) is 18.5. The average Bonchev–Trinajstić information content (AvgIpc) is 1.64. The largest absolute Gasteiger partial charge is 0.489 e. The molecule has 133 heavy (non-hydrogen) atoms. The number of amides is 4. The van der Waals surface area contributed by atoms with Crippen molar-refractivity contribution >= 4 is 88.3 Å². The maximum atomic E-state index is 13.0. The molecule has 5 aliphatic heterocycles. The summed E-state index contributed by atoms with van der Waals surface area (Å²) in [6, 6.07) is 51.4. The molecule has 32 heteroatoms. The van der Waals surface area contributed by atoms with Gasteiger partial charge < -0.3 is 52.8 Å². The number of ketones is 8. The second-order valence-electron chi connectivity index (χ2n) is 34.5. The smallest absolute Gasteiger partial charge is 0.320 e. The number of fused-ring (bicyclic) bond motifs is 4. The topological polar surface area (TPSA) is 374 Å². The van der Waals surface area contributed by atoms with E-state index in [-0.39, 0.29) is 108 Å². The van der Waals surface area contributed by atoms with Crippen LogP contribution in [0.1, 0.15) is 204 Å². The van der Waals surface area contributed by atoms with Crippen molar-refractivity contribution in [1.29, 1.82) is 0 Å². The zero-order valence-corrected chi connectivity index (χ0v) is 74.0. The number of halogens is 1. The van der Waals surface area contributed by atoms with Crippen LogP contribution in [-0.4, -0.2) is 181 Å². The number of Topliss-reactive ketones (excluding diaryl/α,β-unsaturated/α-hetero) is 8. The summed E-state index contributed by atoms with van der Waals surface area (Å²) in [6.07, 6.45) is 14.5. The molecule has 682 valence electrons. The molecule has 0 bridgehead atoms. The van der Waals surface area contributed by atoms with Gasteiger partial charge in [-0.3, -0.25) is 67.2 Å². The van der Waals surface area contributed by atoms with E-state index in [1.807, 2.05) is 132 Å². The van der Waals surface area contributed by atoms with Gasteiger partial charge in [-0.2, -0.15) is 5.10 Å². The van der Waals surface area contributed by atoms with Crippen LogP contribution in [-0.2, 0) is 122 Å². The number of carbonyl (C=O) groups is 13. The second kappa shape index (κ2) is 41.2. The van der Waals surface area contributed by atoms with Crippen molar-refractivity contribution in [3.8, 4) is 23.0 Å². The third-order valence-corrected chi connectivity index (χ3v) is 25.7. The number of benzene rings is 8. The van der Waals surface area contributed by atoms with Gasteiger partial charge in [-0.15, -0.1) is 22.6 Å². The number of ether oxygens (including phenoxy) is 4. The van der Waals surface area contributed by atoms with Crippen molar-refractivity contribution in [2.45, 2.75) is 206 Å². The van der Waals surface area contributed by atoms with Crippen LogP contribution in [0.15, 0.2) is 208 Å². The van der Waals surface area contributed by atoms with Crippen LogP contribution >= 0.6 is 12.4 Å². The number of nitrogens with zero attached hydrogens (tertiary/aromatic N) is 13. The SMILES string of the molecule is Cc1nccn1Cc1ccc(COc2cccc3c2CN(C2CCC(=O)CC2=O)C3=O)cc1.Cl.O=C1CCC(N2Cc3c(OCc4ccc(CN5CCC[C@@H]5C(=O)O)cc4)cccc3C2=O)C(=O)C1.O=C1CCC(N2Cc3c(OCc4ccc(Cn5cncn5)cc4)cccc3C2=O)C(=O)C1.O=C1CCC(N2Cc3c(OCc4ccc(Cn5cnnc5)cc4)cccc3C2=O)C(=O)C1. The minimum absolute atomic E-state index is 0. The monoisotopic (exact) mass is 1820 g/mol. The molecule has 4 amide bonds. The van der Waals surface area contributed by atoms with Crippen LogP contribution < -0.4 is 18.9 Å². The highest BCUT2D eigenvalue weighted by Gasteiger charge is 2.45. The number of carboxylic acids is 1. The highest BCUT2D eigenvalue weighted by Crippen LogP contribution is 2.41. The third-order valence-electron chi connectivity index (χ3n) is 25.7. The summed E-state index contributed by atoms with van der Waals surface area (Å²) in [7, 11) is 0. The van der Waals surface area contributed by atoms with E-state index in [2.05, 4.69) is 42.0 Å². The molecule has 5 fully saturated rings. The molecule has 3 aromatic heterocycles. The van der Waals surface area contributed by atoms with Gasteiger partial charge in [-0.1, -0.05) is 121 Å². The normalized spacial score (nSPS) is 19.2. The average molecular weight is 1820 g/mol. The lowest BCUT2D eigenvalue weighted by atomic mass is 9.92. The first-order valence-electron chi connectivity index (χ1n) is 44.4. The first-order chi connectivity index (χ1) is 64.1. The van der Waals surface area contributed by atoms with Crippen molar-refractivity contribution in [2.24, 2.45) is 0 Å². The Bertz CT molecular complexity index is 6070. The van der Waals surface area contributed by atoms with Crippen LogP contribution in [0, 0.1) is 6.92 Å². The highest BCUT2D eigenvalue weighted by atomic mass is 35.5. The molecule has 4 aliphatic carbocycles. The fraction of sp³-hybridized carbons (Fsp3) is 0.327. The zero-order valence-electron chi connectivity index (χ0n) is 73.2. The number of carbonyl (C=O) groups excluding carboxylic acids is 12. The molecule has 31 nitrogen and oxygen atoms in total. The van der Waals surface area contributed by atoms with E-state index in [4.69, 9.17) is 18.9 Å². The fourth-order valence-electron chi connectivity index (χ4n) is 18.5. The maximum absolute atomic E-state index is 13.0. The lowest BCUT2D eigenvalue weighted by molar-refractivity contribution is -0.142. The first kappa shape index (κ1) is 91.7. The van der Waals surface area contributed by atoms with Gasteiger partial charge in [-0.25, -0.2) is 14.6 Å². The van der Waals surface area contributed by atoms with Crippen molar-refractivity contribution < 1.29 is 86.4 Å². The van der Waals surface area contributed by atoms with Crippen LogP contribution in [0.4, 0.5) is 0 Å². The molecule has 1 N–H and O–H groups in total. The van der Waals surface area contributed by atoms with Gasteiger partial charge >= 0.3 is 5.97 Å². The van der Waals surface area contributed by atoms with E-state index in [9.17, 15) is 67.4 Å². The molecule has 20 rings (SSSR count). The molecule has 0 radical (unpaired) electrons. The number of rotatable bonds is 25. The minimum atomic E-state index is -0.763. The number of aromatic nitrogens is 8. The van der Waals surface area contributed by atoms with Gasteiger partial charge in [0, 0.05) is 102 Å². The minimum Gasteiger partial charge on any atom is -0.489 e. The maximum Gasteiger partial charge on any atom is 0.320 e. The molecular weight excluding hydrogens is 1720 g/mol. The number of carboxylic acid groups (broad SMARTS) is 1. The number of aliphatic carboxylic acids is 1. The standard InChI is InChI=1S/C27H28N2O6.C26H25N3O4.2C24H22N4O4.ClH/c30-19-10-11-22(24(31)13-19)29-15-21-20(26(29)32)3-1-5-25(21)35-16-18-8-6-17(7-9-18)14-28-12-2-4-23(28)27(33)34;1-17-27-11-12-28(17)14-18-5-7-19(8-6-18)16-33-25-4-2-3-21-22(25)15-29(26(21)32)23-10-9-20(30)13-24(23)31;29-18-8-9-21(22(30)10-18)28-12-20-19(24(28)31)2-1-3-23(20)32-13-17-6-4-16(5-7-17)11-27-14-25-26-15-27;29-18-8-9-21(22(30)10-18)28-12-20-19(24(28)31)2-1-3-23(20)32-13-17-6-4-16(5-7-17)11-27-15-25-14-26-27;/h1,3,5-9,22-23H,2,4,10-16H2,(H,33,34);2-8,11-12,23H,9-10,13-16H2,1H3;2*1-7,14-15,21H,8-13H2;1H/t22?,23-;;;;/m1..../s1. The summed E-state index contributed by atoms with van der Waals surface area (Å²) in [5.74, 6) is 1.17. The van der Waals surface area contributed by atoms with Crippen LogP contribution in [0.5, 0.6) is 23.0 Å². The molecule has 8 heterocycles. The summed E-state index contributed by atoms with van der Waals surface area (Å²) < 4.78 is 30.0. The molecule has 4 unspecified atom stereocenters. The Morgan fingerprint density at radius 2 is 0.714 bits per heavy atom. The van der Waals surface area contributed by atoms with Crippen LogP contribution in [0.25, 0.3) is 0 Å². The Hall–Kier alpha value is -14.6. The molecule has 11 aromatic rings. The van der Waals surface area contributed by atoms with Crippen LogP contribution in [0.3, 0.4) is 0 Å². The van der Waals surface area contributed by atoms with E-state index in [1.165, 1.54) is 11.9 Å². The number of hydrogen-bond acceptors (Lipinski definition) is 23. The molecule has 8 aromatic carbocycles. The van der Waals surface area contributed by atoms with Crippen LogP contribution in [0.2, 0.25) is 0 Å². The molecule has 1 saturated heterocycles. The van der Waals surface area contributed by atoms with Gasteiger partial charge in [0.15, 0.2) is 23.1 Å². The summed E-state index contributed by atoms with van der Waals surface area (Å²) in [5.41, 5.74) is 13.9. The Kier molecular flexibility index (Phi) is 28.4. The molecule has 0 spiro atoms. The van der Waals surface area contributed by atoms with Gasteiger partial charge in [-0.05, 0) is 145 Å². The first-order valence-corrected chi connectivity index (χ1v) is 44.4. The molecule has 9 aliphatic rings. The number of likely N-dealkylation sites (tertiary alicyclic amines) is 1. The Morgan fingerprint density at radius 1 is 0.391 bits per heavy atom. The highest BCUT2D eigenvalue weighted by molar-refractivity contribution is 6.11. The number of hydrogen-bond donors (Lipinski definition) is 1. The van der Waals surface area contributed by atoms with E-state index >= 15 is 0 Å². The predicted molar refractivity (Wildman–Crippen MR) is 482 cm³/mol. The molecule has 4 saturated carbocycles. The summed E-state index contributed by atoms with van der Waals surface area (Å²) in [5, 5.41) is 21.1. The van der Waals surface area contributed by atoms with Gasteiger partial charge in [0.2, 0.25) is 0 Å². The number of imidazole rings is 1. The van der Waals surface area contributed by atoms with Crippen molar-refractivity contribution in [3.63, 3.8) is 0 Å². The lowest BCUT2D eigenvalue weighted by Crippen LogP contribution is -2.44. The Balaban J connectivity index is 0.000000129. The third kappa shape index (κ3) is 21.2. The second-order valence-corrected chi connectivity index (χ2v) is 34.5. The van der Waals surface area contributed by atoms with E-state index in [0.717, 1.165) is 86.5 Å². The van der Waals surface area contributed by atoms with Crippen molar-refractivity contribution in [3.05, 3.63) is 302 Å². The quantitative estimate of drug-likeness (QED) is 0.0519. The Labute approximate surface area is 771 Å². The van der Waals surface area contributed by atoms with Crippen molar-refractivity contribution in [2.75, 3.05) is 6.54 Å². The van der Waals surface area contributed by atoms with E-state index in [0.29, 0.717) is 175 Å². The zero-order chi connectivity index (χ0) is 91.6. The predicted octanol–water partition coefficient (Wildman–Crippen LogP) is 12.0. The van der Waals surface area contributed by atoms with Crippen molar-refractivity contribution in [1.82, 2.24) is 63.6 Å².